The molecule has 1 aliphatic carbocycles. The Bertz CT molecular complexity index is 928. The molecule has 28 heavy (non-hydrogen) atoms. The number of nitrogens with one attached hydrogen (secondary N) is 1. The third-order valence-corrected chi connectivity index (χ3v) is 6.78. The number of hydrogen-bond donors (Lipinski definition) is 2. The van der Waals surface area contributed by atoms with E-state index in [0.717, 1.165) is 36.9 Å². The molecular formula is C20H28N4O3S. The first-order valence-corrected chi connectivity index (χ1v) is 10.6. The summed E-state index contributed by atoms with van der Waals surface area (Å²) in [6.07, 6.45) is 5.04. The standard InChI is InChI=1S/C20H28N4O3S/c1-11-12(2)23-24(4)20(27)16(11)19-22-13(3)17(28-19)18(26)21-10-15(25)14-8-6-5-7-9-14/h14-15,25H,5-10H2,1-4H3,(H,21,26). The van der Waals surface area contributed by atoms with Gasteiger partial charge in [0.05, 0.1) is 23.1 Å². The van der Waals surface area contributed by atoms with Crippen LogP contribution in [-0.2, 0) is 7.05 Å². The van der Waals surface area contributed by atoms with Crippen LogP contribution in [0.1, 0.15) is 58.7 Å². The zero-order valence-electron chi connectivity index (χ0n) is 16.9. The Labute approximate surface area is 168 Å². The first-order chi connectivity index (χ1) is 13.3. The van der Waals surface area contributed by atoms with E-state index in [1.807, 2.05) is 13.8 Å². The molecule has 0 aliphatic heterocycles. The van der Waals surface area contributed by atoms with Crippen molar-refractivity contribution in [2.24, 2.45) is 13.0 Å². The largest absolute Gasteiger partial charge is 0.391 e. The highest BCUT2D eigenvalue weighted by Crippen LogP contribution is 2.29. The highest BCUT2D eigenvalue weighted by atomic mass is 32.1. The second-order valence-corrected chi connectivity index (χ2v) is 8.62. The maximum absolute atomic E-state index is 12.7. The van der Waals surface area contributed by atoms with Gasteiger partial charge in [0.1, 0.15) is 9.88 Å². The Kier molecular flexibility index (Phi) is 6.30. The molecule has 1 saturated carbocycles. The fourth-order valence-corrected chi connectivity index (χ4v) is 4.85. The van der Waals surface area contributed by atoms with E-state index in [9.17, 15) is 14.7 Å². The topological polar surface area (TPSA) is 97.1 Å². The van der Waals surface area contributed by atoms with E-state index in [4.69, 9.17) is 0 Å². The van der Waals surface area contributed by atoms with Gasteiger partial charge < -0.3 is 10.4 Å². The maximum Gasteiger partial charge on any atom is 0.277 e. The SMILES string of the molecule is Cc1nc(-c2c(C)c(C)nn(C)c2=O)sc1C(=O)NCC(O)C1CCCCC1. The Balaban J connectivity index is 1.77. The minimum Gasteiger partial charge on any atom is -0.391 e. The van der Waals surface area contributed by atoms with E-state index in [0.29, 0.717) is 21.1 Å². The number of aliphatic hydroxyl groups excluding tert-OH is 1. The third kappa shape index (κ3) is 4.17. The number of amides is 1. The van der Waals surface area contributed by atoms with Crippen LogP contribution in [0.25, 0.3) is 10.6 Å². The normalized spacial score (nSPS) is 16.2. The lowest BCUT2D eigenvalue weighted by molar-refractivity contribution is 0.0740. The van der Waals surface area contributed by atoms with Crippen molar-refractivity contribution >= 4 is 17.2 Å². The summed E-state index contributed by atoms with van der Waals surface area (Å²) in [4.78, 5) is 30.2. The summed E-state index contributed by atoms with van der Waals surface area (Å²) in [5, 5.41) is 17.9. The fourth-order valence-electron chi connectivity index (χ4n) is 3.78. The molecule has 0 bridgehead atoms. The average Bonchev–Trinajstić information content (AvgIpc) is 3.06. The summed E-state index contributed by atoms with van der Waals surface area (Å²) in [7, 11) is 1.61. The van der Waals surface area contributed by atoms with Gasteiger partial charge in [-0.15, -0.1) is 11.3 Å². The lowest BCUT2D eigenvalue weighted by atomic mass is 9.85. The van der Waals surface area contributed by atoms with Crippen molar-refractivity contribution in [3.63, 3.8) is 0 Å². The molecule has 152 valence electrons. The molecule has 1 atom stereocenters. The van der Waals surface area contributed by atoms with Crippen molar-refractivity contribution in [1.82, 2.24) is 20.1 Å². The molecule has 0 aromatic carbocycles. The number of carbonyl (C=O) groups is 1. The molecule has 1 unspecified atom stereocenters. The molecule has 1 aliphatic rings. The van der Waals surface area contributed by atoms with E-state index in [1.54, 1.807) is 14.0 Å². The number of rotatable bonds is 5. The summed E-state index contributed by atoms with van der Waals surface area (Å²) < 4.78 is 1.30. The second-order valence-electron chi connectivity index (χ2n) is 7.62. The third-order valence-electron chi connectivity index (χ3n) is 5.61. The van der Waals surface area contributed by atoms with Crippen LogP contribution in [0.3, 0.4) is 0 Å². The lowest BCUT2D eigenvalue weighted by Gasteiger charge is -2.26. The fraction of sp³-hybridized carbons (Fsp3) is 0.600. The smallest absolute Gasteiger partial charge is 0.277 e. The molecule has 7 nitrogen and oxygen atoms in total. The quantitative estimate of drug-likeness (QED) is 0.798. The van der Waals surface area contributed by atoms with Crippen LogP contribution in [0.2, 0.25) is 0 Å². The monoisotopic (exact) mass is 404 g/mol. The number of aryl methyl sites for hydroxylation is 3. The van der Waals surface area contributed by atoms with E-state index < -0.39 is 6.10 Å². The van der Waals surface area contributed by atoms with Gasteiger partial charge >= 0.3 is 0 Å². The molecule has 2 aromatic heterocycles. The maximum atomic E-state index is 12.7. The molecule has 8 heteroatoms. The van der Waals surface area contributed by atoms with Gasteiger partial charge in [-0.25, -0.2) is 9.67 Å². The van der Waals surface area contributed by atoms with Crippen molar-refractivity contribution in [2.45, 2.75) is 59.0 Å². The average molecular weight is 405 g/mol. The Morgan fingerprint density at radius 2 is 1.93 bits per heavy atom. The first kappa shape index (κ1) is 20.7. The van der Waals surface area contributed by atoms with E-state index in [1.165, 1.54) is 22.4 Å². The van der Waals surface area contributed by atoms with Crippen molar-refractivity contribution in [3.8, 4) is 10.6 Å². The first-order valence-electron chi connectivity index (χ1n) is 9.78. The second kappa shape index (κ2) is 8.53. The van der Waals surface area contributed by atoms with Crippen molar-refractivity contribution in [2.75, 3.05) is 6.54 Å². The Morgan fingerprint density at radius 1 is 1.25 bits per heavy atom. The number of carbonyl (C=O) groups excluding carboxylic acids is 1. The van der Waals surface area contributed by atoms with Gasteiger partial charge in [-0.2, -0.15) is 5.10 Å². The molecule has 0 spiro atoms. The van der Waals surface area contributed by atoms with E-state index in [-0.39, 0.29) is 23.9 Å². The van der Waals surface area contributed by atoms with Crippen LogP contribution in [0, 0.1) is 26.7 Å². The molecule has 2 heterocycles. The zero-order chi connectivity index (χ0) is 20.4. The van der Waals surface area contributed by atoms with Crippen molar-refractivity contribution < 1.29 is 9.90 Å². The number of aliphatic hydroxyl groups is 1. The van der Waals surface area contributed by atoms with Gasteiger partial charge in [0, 0.05) is 13.6 Å². The molecule has 0 radical (unpaired) electrons. The number of thiazole rings is 1. The summed E-state index contributed by atoms with van der Waals surface area (Å²) in [6.45, 7) is 5.70. The van der Waals surface area contributed by atoms with E-state index in [2.05, 4.69) is 15.4 Å². The van der Waals surface area contributed by atoms with Crippen LogP contribution in [0.4, 0.5) is 0 Å². The van der Waals surface area contributed by atoms with Gasteiger partial charge in [-0.1, -0.05) is 19.3 Å². The van der Waals surface area contributed by atoms with Crippen LogP contribution < -0.4 is 10.9 Å². The van der Waals surface area contributed by atoms with Crippen molar-refractivity contribution in [3.05, 3.63) is 32.2 Å². The van der Waals surface area contributed by atoms with Crippen LogP contribution in [0.15, 0.2) is 4.79 Å². The summed E-state index contributed by atoms with van der Waals surface area (Å²) in [6, 6.07) is 0. The molecular weight excluding hydrogens is 376 g/mol. The predicted molar refractivity (Wildman–Crippen MR) is 110 cm³/mol. The van der Waals surface area contributed by atoms with Gasteiger partial charge in [0.15, 0.2) is 0 Å². The summed E-state index contributed by atoms with van der Waals surface area (Å²) in [5.41, 5.74) is 2.38. The van der Waals surface area contributed by atoms with Gasteiger partial charge in [-0.3, -0.25) is 9.59 Å². The minimum atomic E-state index is -0.519. The molecule has 2 N–H and O–H groups in total. The zero-order valence-corrected chi connectivity index (χ0v) is 17.7. The number of hydrogen-bond acceptors (Lipinski definition) is 6. The van der Waals surface area contributed by atoms with Gasteiger partial charge in [0.2, 0.25) is 0 Å². The van der Waals surface area contributed by atoms with Crippen molar-refractivity contribution in [1.29, 1.82) is 0 Å². The van der Waals surface area contributed by atoms with Crippen LogP contribution in [-0.4, -0.2) is 38.4 Å². The molecule has 1 fully saturated rings. The molecule has 1 amide bonds. The van der Waals surface area contributed by atoms with Crippen LogP contribution >= 0.6 is 11.3 Å². The van der Waals surface area contributed by atoms with Crippen LogP contribution in [0.5, 0.6) is 0 Å². The van der Waals surface area contributed by atoms with E-state index >= 15 is 0 Å². The van der Waals surface area contributed by atoms with Gasteiger partial charge in [-0.05, 0) is 45.1 Å². The molecule has 2 aromatic rings. The molecule has 0 saturated heterocycles. The Morgan fingerprint density at radius 3 is 2.61 bits per heavy atom. The summed E-state index contributed by atoms with van der Waals surface area (Å²) >= 11 is 1.21. The number of nitrogens with zero attached hydrogens (tertiary/aromatic N) is 3. The highest BCUT2D eigenvalue weighted by molar-refractivity contribution is 7.17. The predicted octanol–water partition coefficient (Wildman–Crippen LogP) is 2.50. The highest BCUT2D eigenvalue weighted by Gasteiger charge is 2.24. The van der Waals surface area contributed by atoms with Gasteiger partial charge in [0.25, 0.3) is 11.5 Å². The summed E-state index contributed by atoms with van der Waals surface area (Å²) in [5.74, 6) is 0.00833. The Hall–Kier alpha value is -2.06. The molecule has 3 rings (SSSR count). The number of aromatic nitrogens is 3. The minimum absolute atomic E-state index is 0.225. The lowest BCUT2D eigenvalue weighted by Crippen LogP contribution is -2.37.